The van der Waals surface area contributed by atoms with Gasteiger partial charge in [-0.3, -0.25) is 9.52 Å². The van der Waals surface area contributed by atoms with Gasteiger partial charge >= 0.3 is 0 Å². The van der Waals surface area contributed by atoms with Crippen LogP contribution in [0.25, 0.3) is 0 Å². The molecule has 8 heteroatoms. The minimum Gasteiger partial charge on any atom is -0.495 e. The van der Waals surface area contributed by atoms with Gasteiger partial charge in [-0.05, 0) is 48.9 Å². The number of likely N-dealkylation sites (N-methyl/N-ethyl adjacent to an activating group) is 1. The monoisotopic (exact) mass is 364 g/mol. The van der Waals surface area contributed by atoms with Gasteiger partial charge in [-0.25, -0.2) is 8.42 Å². The number of carbonyl (C=O) groups excluding carboxylic acids is 1. The first-order valence-electron chi connectivity index (χ1n) is 7.46. The standard InChI is InChI=1S/C17H20N2O5S/c1-12-4-9-16(23-3)15(10-12)19-25(21,22)14-7-5-13(6-8-14)24-11-17(20)18-2/h4-10,19H,11H2,1-3H3,(H,18,20). The van der Waals surface area contributed by atoms with Gasteiger partial charge in [0.05, 0.1) is 17.7 Å². The van der Waals surface area contributed by atoms with Crippen LogP contribution in [0.4, 0.5) is 5.69 Å². The normalized spacial score (nSPS) is 10.8. The van der Waals surface area contributed by atoms with E-state index in [0.29, 0.717) is 17.2 Å². The first-order valence-corrected chi connectivity index (χ1v) is 8.95. The number of carbonyl (C=O) groups is 1. The largest absolute Gasteiger partial charge is 0.495 e. The molecule has 134 valence electrons. The van der Waals surface area contributed by atoms with Gasteiger partial charge in [0.1, 0.15) is 11.5 Å². The topological polar surface area (TPSA) is 93.7 Å². The lowest BCUT2D eigenvalue weighted by molar-refractivity contribution is -0.122. The smallest absolute Gasteiger partial charge is 0.262 e. The number of benzene rings is 2. The molecule has 0 bridgehead atoms. The van der Waals surface area contributed by atoms with E-state index in [4.69, 9.17) is 9.47 Å². The lowest BCUT2D eigenvalue weighted by atomic mass is 10.2. The highest BCUT2D eigenvalue weighted by Gasteiger charge is 2.17. The van der Waals surface area contributed by atoms with Crippen LogP contribution in [0.3, 0.4) is 0 Å². The number of methoxy groups -OCH3 is 1. The molecular formula is C17H20N2O5S. The number of ether oxygens (including phenoxy) is 2. The Morgan fingerprint density at radius 2 is 1.80 bits per heavy atom. The van der Waals surface area contributed by atoms with Crippen LogP contribution in [0.15, 0.2) is 47.4 Å². The summed E-state index contributed by atoms with van der Waals surface area (Å²) in [4.78, 5) is 11.2. The molecule has 2 N–H and O–H groups in total. The zero-order chi connectivity index (χ0) is 18.4. The second-order valence-electron chi connectivity index (χ2n) is 5.24. The van der Waals surface area contributed by atoms with Crippen molar-refractivity contribution >= 4 is 21.6 Å². The van der Waals surface area contributed by atoms with E-state index in [1.165, 1.54) is 38.4 Å². The van der Waals surface area contributed by atoms with Crippen molar-refractivity contribution in [2.45, 2.75) is 11.8 Å². The van der Waals surface area contributed by atoms with Crippen LogP contribution in [-0.2, 0) is 14.8 Å². The third kappa shape index (κ3) is 4.87. The summed E-state index contributed by atoms with van der Waals surface area (Å²) in [6.45, 7) is 1.72. The predicted molar refractivity (Wildman–Crippen MR) is 94.5 cm³/mol. The summed E-state index contributed by atoms with van der Waals surface area (Å²) in [5.41, 5.74) is 1.26. The Morgan fingerprint density at radius 3 is 2.40 bits per heavy atom. The van der Waals surface area contributed by atoms with E-state index < -0.39 is 10.0 Å². The van der Waals surface area contributed by atoms with Gasteiger partial charge < -0.3 is 14.8 Å². The van der Waals surface area contributed by atoms with Crippen molar-refractivity contribution in [2.75, 3.05) is 25.5 Å². The molecule has 0 atom stereocenters. The zero-order valence-corrected chi connectivity index (χ0v) is 15.0. The number of aryl methyl sites for hydroxylation is 1. The van der Waals surface area contributed by atoms with Crippen molar-refractivity contribution in [1.82, 2.24) is 5.32 Å². The minimum atomic E-state index is -3.78. The van der Waals surface area contributed by atoms with Gasteiger partial charge in [0.25, 0.3) is 15.9 Å². The molecule has 2 aromatic rings. The number of nitrogens with one attached hydrogen (secondary N) is 2. The Labute approximate surface area is 147 Å². The fraction of sp³-hybridized carbons (Fsp3) is 0.235. The number of hydrogen-bond donors (Lipinski definition) is 2. The molecule has 0 aliphatic rings. The average molecular weight is 364 g/mol. The van der Waals surface area contributed by atoms with Gasteiger partial charge in [0.2, 0.25) is 0 Å². The summed E-state index contributed by atoms with van der Waals surface area (Å²) < 4.78 is 38.0. The first-order chi connectivity index (χ1) is 11.9. The lowest BCUT2D eigenvalue weighted by Gasteiger charge is -2.13. The van der Waals surface area contributed by atoms with Crippen LogP contribution in [0.1, 0.15) is 5.56 Å². The summed E-state index contributed by atoms with van der Waals surface area (Å²) in [5, 5.41) is 2.43. The summed E-state index contributed by atoms with van der Waals surface area (Å²) in [6.07, 6.45) is 0. The molecule has 0 aliphatic heterocycles. The molecular weight excluding hydrogens is 344 g/mol. The molecule has 25 heavy (non-hydrogen) atoms. The van der Waals surface area contributed by atoms with Crippen LogP contribution in [0, 0.1) is 6.92 Å². The molecule has 0 aliphatic carbocycles. The quantitative estimate of drug-likeness (QED) is 0.783. The van der Waals surface area contributed by atoms with Crippen molar-refractivity contribution in [3.05, 3.63) is 48.0 Å². The molecule has 0 unspecified atom stereocenters. The molecule has 0 aromatic heterocycles. The van der Waals surface area contributed by atoms with Crippen LogP contribution in [0.2, 0.25) is 0 Å². The number of rotatable bonds is 7. The summed E-state index contributed by atoms with van der Waals surface area (Å²) in [5.74, 6) is 0.556. The van der Waals surface area contributed by atoms with E-state index in [9.17, 15) is 13.2 Å². The minimum absolute atomic E-state index is 0.0725. The van der Waals surface area contributed by atoms with Crippen molar-refractivity contribution in [1.29, 1.82) is 0 Å². The van der Waals surface area contributed by atoms with Gasteiger partial charge in [-0.1, -0.05) is 6.07 Å². The summed E-state index contributed by atoms with van der Waals surface area (Å²) in [6, 6.07) is 11.0. The molecule has 1 amide bonds. The zero-order valence-electron chi connectivity index (χ0n) is 14.2. The Bertz CT molecular complexity index is 848. The Morgan fingerprint density at radius 1 is 1.12 bits per heavy atom. The molecule has 0 fully saturated rings. The Balaban J connectivity index is 2.17. The predicted octanol–water partition coefficient (Wildman–Crippen LogP) is 1.93. The highest BCUT2D eigenvalue weighted by Crippen LogP contribution is 2.28. The van der Waals surface area contributed by atoms with E-state index in [0.717, 1.165) is 5.56 Å². The van der Waals surface area contributed by atoms with Gasteiger partial charge in [-0.2, -0.15) is 0 Å². The third-order valence-electron chi connectivity index (χ3n) is 3.38. The van der Waals surface area contributed by atoms with Gasteiger partial charge in [-0.15, -0.1) is 0 Å². The maximum atomic E-state index is 12.5. The lowest BCUT2D eigenvalue weighted by Crippen LogP contribution is -2.24. The number of sulfonamides is 1. The maximum Gasteiger partial charge on any atom is 0.262 e. The van der Waals surface area contributed by atoms with E-state index in [-0.39, 0.29) is 17.4 Å². The van der Waals surface area contributed by atoms with Crippen LogP contribution < -0.4 is 19.5 Å². The molecule has 0 saturated carbocycles. The molecule has 2 aromatic carbocycles. The van der Waals surface area contributed by atoms with Crippen molar-refractivity contribution < 1.29 is 22.7 Å². The Kier molecular flexibility index (Phi) is 5.87. The highest BCUT2D eigenvalue weighted by molar-refractivity contribution is 7.92. The third-order valence-corrected chi connectivity index (χ3v) is 4.76. The van der Waals surface area contributed by atoms with Crippen LogP contribution in [-0.4, -0.2) is 35.1 Å². The van der Waals surface area contributed by atoms with Crippen molar-refractivity contribution in [3.8, 4) is 11.5 Å². The van der Waals surface area contributed by atoms with E-state index >= 15 is 0 Å². The molecule has 2 rings (SSSR count). The van der Waals surface area contributed by atoms with E-state index in [1.807, 2.05) is 13.0 Å². The molecule has 7 nitrogen and oxygen atoms in total. The fourth-order valence-corrected chi connectivity index (χ4v) is 3.10. The SMILES string of the molecule is CNC(=O)COc1ccc(S(=O)(=O)Nc2cc(C)ccc2OC)cc1. The molecule has 0 spiro atoms. The van der Waals surface area contributed by atoms with Crippen LogP contribution in [0.5, 0.6) is 11.5 Å². The van der Waals surface area contributed by atoms with E-state index in [1.54, 1.807) is 12.1 Å². The number of hydrogen-bond acceptors (Lipinski definition) is 5. The second-order valence-corrected chi connectivity index (χ2v) is 6.92. The maximum absolute atomic E-state index is 12.5. The second kappa shape index (κ2) is 7.89. The van der Waals surface area contributed by atoms with E-state index in [2.05, 4.69) is 10.0 Å². The number of anilines is 1. The van der Waals surface area contributed by atoms with Crippen molar-refractivity contribution in [3.63, 3.8) is 0 Å². The Hall–Kier alpha value is -2.74. The van der Waals surface area contributed by atoms with Crippen molar-refractivity contribution in [2.24, 2.45) is 0 Å². The van der Waals surface area contributed by atoms with Gasteiger partial charge in [0, 0.05) is 7.05 Å². The first kappa shape index (κ1) is 18.6. The summed E-state index contributed by atoms with van der Waals surface area (Å²) in [7, 11) is -0.800. The molecule has 0 heterocycles. The highest BCUT2D eigenvalue weighted by atomic mass is 32.2. The summed E-state index contributed by atoms with van der Waals surface area (Å²) >= 11 is 0. The fourth-order valence-electron chi connectivity index (χ4n) is 2.04. The van der Waals surface area contributed by atoms with Gasteiger partial charge in [0.15, 0.2) is 6.61 Å². The number of amides is 1. The molecule has 0 radical (unpaired) electrons. The molecule has 0 saturated heterocycles. The average Bonchev–Trinajstić information content (AvgIpc) is 2.60. The van der Waals surface area contributed by atoms with Crippen LogP contribution >= 0.6 is 0 Å².